The molecule has 0 aliphatic heterocycles. The van der Waals surface area contributed by atoms with Crippen molar-refractivity contribution in [2.75, 3.05) is 13.1 Å². The molecule has 2 nitrogen and oxygen atoms in total. The summed E-state index contributed by atoms with van der Waals surface area (Å²) in [6, 6.07) is 5.84. The second-order valence-corrected chi connectivity index (χ2v) is 3.50. The fourth-order valence-corrected chi connectivity index (χ4v) is 1.26. The molecule has 0 unspecified atom stereocenters. The molecule has 0 atom stereocenters. The standard InChI is InChI=1S/C12H17NO/c1-4-13-8-12(14)11-6-5-9(2)10(3)7-11/h5-7,13H,4,8H2,1-3H3. The molecule has 1 aromatic carbocycles. The zero-order valence-electron chi connectivity index (χ0n) is 9.05. The minimum absolute atomic E-state index is 0.162. The summed E-state index contributed by atoms with van der Waals surface area (Å²) < 4.78 is 0. The van der Waals surface area contributed by atoms with Crippen LogP contribution in [0.25, 0.3) is 0 Å². The normalized spacial score (nSPS) is 10.2. The molecule has 1 rings (SSSR count). The molecule has 0 spiro atoms. The first-order chi connectivity index (χ1) is 6.65. The van der Waals surface area contributed by atoms with Crippen molar-refractivity contribution in [3.05, 3.63) is 34.9 Å². The lowest BCUT2D eigenvalue weighted by Crippen LogP contribution is -2.22. The van der Waals surface area contributed by atoms with Gasteiger partial charge in [0.25, 0.3) is 0 Å². The zero-order valence-corrected chi connectivity index (χ0v) is 9.05. The van der Waals surface area contributed by atoms with Gasteiger partial charge in [-0.2, -0.15) is 0 Å². The zero-order chi connectivity index (χ0) is 10.6. The summed E-state index contributed by atoms with van der Waals surface area (Å²) in [6.45, 7) is 7.33. The van der Waals surface area contributed by atoms with Gasteiger partial charge in [0, 0.05) is 5.56 Å². The first-order valence-corrected chi connectivity index (χ1v) is 4.96. The van der Waals surface area contributed by atoms with Crippen LogP contribution >= 0.6 is 0 Å². The molecular formula is C12H17NO. The number of ketones is 1. The molecule has 0 saturated heterocycles. The SMILES string of the molecule is CCNCC(=O)c1ccc(C)c(C)c1. The quantitative estimate of drug-likeness (QED) is 0.738. The molecule has 2 heteroatoms. The van der Waals surface area contributed by atoms with E-state index < -0.39 is 0 Å². The topological polar surface area (TPSA) is 29.1 Å². The second kappa shape index (κ2) is 4.91. The van der Waals surface area contributed by atoms with Gasteiger partial charge in [-0.3, -0.25) is 4.79 Å². The Hall–Kier alpha value is -1.15. The Balaban J connectivity index is 2.76. The molecule has 76 valence electrons. The van der Waals surface area contributed by atoms with E-state index in [0.717, 1.165) is 12.1 Å². The van der Waals surface area contributed by atoms with Crippen molar-refractivity contribution in [1.82, 2.24) is 5.32 Å². The number of hydrogen-bond acceptors (Lipinski definition) is 2. The molecule has 0 aliphatic rings. The molecule has 0 fully saturated rings. The molecule has 1 aromatic rings. The molecule has 0 aromatic heterocycles. The van der Waals surface area contributed by atoms with Crippen LogP contribution in [0.15, 0.2) is 18.2 Å². The monoisotopic (exact) mass is 191 g/mol. The molecule has 1 N–H and O–H groups in total. The van der Waals surface area contributed by atoms with Crippen LogP contribution in [0, 0.1) is 13.8 Å². The van der Waals surface area contributed by atoms with Gasteiger partial charge < -0.3 is 5.32 Å². The predicted molar refractivity (Wildman–Crippen MR) is 58.8 cm³/mol. The summed E-state index contributed by atoms with van der Waals surface area (Å²) in [5.74, 6) is 0.162. The van der Waals surface area contributed by atoms with Crippen molar-refractivity contribution < 1.29 is 4.79 Å². The Morgan fingerprint density at radius 2 is 2.00 bits per heavy atom. The number of nitrogens with one attached hydrogen (secondary N) is 1. The average Bonchev–Trinajstić information content (AvgIpc) is 2.18. The van der Waals surface area contributed by atoms with Gasteiger partial charge in [0.05, 0.1) is 6.54 Å². The van der Waals surface area contributed by atoms with Crippen LogP contribution in [0.1, 0.15) is 28.4 Å². The molecule has 0 bridgehead atoms. The third kappa shape index (κ3) is 2.67. The van der Waals surface area contributed by atoms with Gasteiger partial charge in [-0.25, -0.2) is 0 Å². The average molecular weight is 191 g/mol. The number of hydrogen-bond donors (Lipinski definition) is 1. The number of likely N-dealkylation sites (N-methyl/N-ethyl adjacent to an activating group) is 1. The molecular weight excluding hydrogens is 174 g/mol. The maximum atomic E-state index is 11.6. The highest BCUT2D eigenvalue weighted by Crippen LogP contribution is 2.09. The Labute approximate surface area is 85.3 Å². The number of carbonyl (C=O) groups is 1. The van der Waals surface area contributed by atoms with Gasteiger partial charge in [-0.05, 0) is 37.6 Å². The highest BCUT2D eigenvalue weighted by Gasteiger charge is 2.05. The molecule has 0 radical (unpaired) electrons. The minimum atomic E-state index is 0.162. The maximum Gasteiger partial charge on any atom is 0.176 e. The van der Waals surface area contributed by atoms with Crippen molar-refractivity contribution in [2.45, 2.75) is 20.8 Å². The molecule has 0 heterocycles. The maximum absolute atomic E-state index is 11.6. The van der Waals surface area contributed by atoms with Crippen molar-refractivity contribution in [1.29, 1.82) is 0 Å². The van der Waals surface area contributed by atoms with Gasteiger partial charge in [0.1, 0.15) is 0 Å². The molecule has 0 amide bonds. The van der Waals surface area contributed by atoms with Crippen LogP contribution < -0.4 is 5.32 Å². The smallest absolute Gasteiger partial charge is 0.176 e. The third-order valence-electron chi connectivity index (χ3n) is 2.36. The van der Waals surface area contributed by atoms with E-state index in [9.17, 15) is 4.79 Å². The van der Waals surface area contributed by atoms with Crippen LogP contribution in [0.3, 0.4) is 0 Å². The Morgan fingerprint density at radius 3 is 2.57 bits per heavy atom. The third-order valence-corrected chi connectivity index (χ3v) is 2.36. The Morgan fingerprint density at radius 1 is 1.29 bits per heavy atom. The van der Waals surface area contributed by atoms with E-state index in [1.807, 2.05) is 39.0 Å². The van der Waals surface area contributed by atoms with Crippen molar-refractivity contribution in [2.24, 2.45) is 0 Å². The fraction of sp³-hybridized carbons (Fsp3) is 0.417. The highest BCUT2D eigenvalue weighted by molar-refractivity contribution is 5.97. The van der Waals surface area contributed by atoms with Gasteiger partial charge >= 0.3 is 0 Å². The second-order valence-electron chi connectivity index (χ2n) is 3.50. The van der Waals surface area contributed by atoms with E-state index in [2.05, 4.69) is 5.32 Å². The highest BCUT2D eigenvalue weighted by atomic mass is 16.1. The number of aryl methyl sites for hydroxylation is 2. The summed E-state index contributed by atoms with van der Waals surface area (Å²) in [6.07, 6.45) is 0. The van der Waals surface area contributed by atoms with Gasteiger partial charge in [-0.1, -0.05) is 19.1 Å². The van der Waals surface area contributed by atoms with Gasteiger partial charge in [0.2, 0.25) is 0 Å². The van der Waals surface area contributed by atoms with E-state index >= 15 is 0 Å². The van der Waals surface area contributed by atoms with Crippen molar-refractivity contribution in [3.63, 3.8) is 0 Å². The lowest BCUT2D eigenvalue weighted by molar-refractivity contribution is 0.0991. The van der Waals surface area contributed by atoms with Crippen LogP contribution in [0.5, 0.6) is 0 Å². The predicted octanol–water partition coefficient (Wildman–Crippen LogP) is 2.10. The first kappa shape index (κ1) is 10.9. The fourth-order valence-electron chi connectivity index (χ4n) is 1.26. The van der Waals surface area contributed by atoms with E-state index in [4.69, 9.17) is 0 Å². The lowest BCUT2D eigenvalue weighted by Gasteiger charge is -2.04. The minimum Gasteiger partial charge on any atom is -0.310 e. The summed E-state index contributed by atoms with van der Waals surface area (Å²) in [5, 5.41) is 3.03. The summed E-state index contributed by atoms with van der Waals surface area (Å²) in [4.78, 5) is 11.6. The lowest BCUT2D eigenvalue weighted by atomic mass is 10.0. The number of Topliss-reactive ketones (excluding diaryl/α,β-unsaturated/α-hetero) is 1. The summed E-state index contributed by atoms with van der Waals surface area (Å²) >= 11 is 0. The van der Waals surface area contributed by atoms with Crippen LogP contribution in [0.2, 0.25) is 0 Å². The Kier molecular flexibility index (Phi) is 3.84. The molecule has 0 aliphatic carbocycles. The Bertz CT molecular complexity index is 331. The van der Waals surface area contributed by atoms with E-state index in [1.54, 1.807) is 0 Å². The van der Waals surface area contributed by atoms with Gasteiger partial charge in [0.15, 0.2) is 5.78 Å². The summed E-state index contributed by atoms with van der Waals surface area (Å²) in [7, 11) is 0. The largest absolute Gasteiger partial charge is 0.310 e. The first-order valence-electron chi connectivity index (χ1n) is 4.96. The van der Waals surface area contributed by atoms with Crippen molar-refractivity contribution in [3.8, 4) is 0 Å². The van der Waals surface area contributed by atoms with Crippen molar-refractivity contribution >= 4 is 5.78 Å². The van der Waals surface area contributed by atoms with Crippen LogP contribution in [-0.2, 0) is 0 Å². The number of benzene rings is 1. The van der Waals surface area contributed by atoms with E-state index in [1.165, 1.54) is 11.1 Å². The molecule has 0 saturated carbocycles. The summed E-state index contributed by atoms with van der Waals surface area (Å²) in [5.41, 5.74) is 3.20. The van der Waals surface area contributed by atoms with E-state index in [0.29, 0.717) is 6.54 Å². The van der Waals surface area contributed by atoms with E-state index in [-0.39, 0.29) is 5.78 Å². The van der Waals surface area contributed by atoms with Crippen LogP contribution in [-0.4, -0.2) is 18.9 Å². The molecule has 14 heavy (non-hydrogen) atoms. The van der Waals surface area contributed by atoms with Crippen LogP contribution in [0.4, 0.5) is 0 Å². The number of rotatable bonds is 4. The van der Waals surface area contributed by atoms with Gasteiger partial charge in [-0.15, -0.1) is 0 Å². The number of carbonyl (C=O) groups excluding carboxylic acids is 1.